The topological polar surface area (TPSA) is 81.4 Å². The maximum absolute atomic E-state index is 12.4. The summed E-state index contributed by atoms with van der Waals surface area (Å²) >= 11 is 8.32. The molecule has 0 radical (unpaired) electrons. The van der Waals surface area contributed by atoms with Crippen molar-refractivity contribution in [2.24, 2.45) is 0 Å². The summed E-state index contributed by atoms with van der Waals surface area (Å²) in [6.45, 7) is 0. The number of ether oxygens (including phenoxy) is 1. The Bertz CT molecular complexity index is 1210. The lowest BCUT2D eigenvalue weighted by atomic mass is 10.2. The van der Waals surface area contributed by atoms with Crippen LogP contribution < -0.4 is 10.1 Å². The van der Waals surface area contributed by atoms with Crippen molar-refractivity contribution in [2.45, 2.75) is 0 Å². The van der Waals surface area contributed by atoms with Gasteiger partial charge in [-0.05, 0) is 46.3 Å². The summed E-state index contributed by atoms with van der Waals surface area (Å²) in [6, 6.07) is 11.3. The molecule has 0 bridgehead atoms. The zero-order valence-electron chi connectivity index (χ0n) is 15.0. The predicted octanol–water partition coefficient (Wildman–Crippen LogP) is 5.04. The molecular weight excluding hydrogens is 522 g/mol. The molecular formula is C19H13Br2N5O2S. The summed E-state index contributed by atoms with van der Waals surface area (Å²) < 4.78 is 8.70. The molecule has 0 fully saturated rings. The van der Waals surface area contributed by atoms with Gasteiger partial charge in [-0.3, -0.25) is 4.79 Å². The van der Waals surface area contributed by atoms with Crippen LogP contribution in [0.15, 0.2) is 57.7 Å². The first kappa shape index (κ1) is 19.7. The van der Waals surface area contributed by atoms with Crippen molar-refractivity contribution in [3.63, 3.8) is 0 Å². The highest BCUT2D eigenvalue weighted by Crippen LogP contribution is 2.33. The molecule has 0 spiro atoms. The fraction of sp³-hybridized carbons (Fsp3) is 0.0526. The Morgan fingerprint density at radius 2 is 2.14 bits per heavy atom. The number of benzene rings is 2. The van der Waals surface area contributed by atoms with Crippen molar-refractivity contribution >= 4 is 65.8 Å². The van der Waals surface area contributed by atoms with E-state index >= 15 is 0 Å². The second kappa shape index (κ2) is 8.44. The Balaban J connectivity index is 1.52. The van der Waals surface area contributed by atoms with Gasteiger partial charge >= 0.3 is 0 Å². The van der Waals surface area contributed by atoms with Gasteiger partial charge in [0.15, 0.2) is 0 Å². The van der Waals surface area contributed by atoms with E-state index in [4.69, 9.17) is 4.74 Å². The maximum atomic E-state index is 12.4. The van der Waals surface area contributed by atoms with E-state index in [1.54, 1.807) is 24.0 Å². The number of methoxy groups -OCH3 is 1. The van der Waals surface area contributed by atoms with Gasteiger partial charge in [0.1, 0.15) is 17.1 Å². The van der Waals surface area contributed by atoms with E-state index < -0.39 is 0 Å². The van der Waals surface area contributed by atoms with Crippen molar-refractivity contribution in [1.29, 1.82) is 0 Å². The number of carbonyl (C=O) groups is 1. The minimum absolute atomic E-state index is 0.251. The van der Waals surface area contributed by atoms with Gasteiger partial charge in [-0.25, -0.2) is 0 Å². The molecule has 10 heteroatoms. The van der Waals surface area contributed by atoms with Gasteiger partial charge in [-0.2, -0.15) is 9.61 Å². The second-order valence-corrected chi connectivity index (χ2v) is 8.60. The van der Waals surface area contributed by atoms with Gasteiger partial charge < -0.3 is 10.1 Å². The molecule has 2 heterocycles. The first-order chi connectivity index (χ1) is 14.0. The fourth-order valence-electron chi connectivity index (χ4n) is 2.68. The van der Waals surface area contributed by atoms with Gasteiger partial charge in [0.25, 0.3) is 0 Å². The van der Waals surface area contributed by atoms with E-state index in [9.17, 15) is 4.79 Å². The van der Waals surface area contributed by atoms with Gasteiger partial charge in [0.2, 0.25) is 10.9 Å². The number of anilines is 1. The number of nitrogens with zero attached hydrogens (tertiary/aromatic N) is 4. The summed E-state index contributed by atoms with van der Waals surface area (Å²) in [5.41, 5.74) is 2.34. The van der Waals surface area contributed by atoms with Crippen LogP contribution in [0, 0.1) is 0 Å². The normalized spacial score (nSPS) is 11.3. The third-order valence-corrected chi connectivity index (χ3v) is 5.93. The molecule has 0 aliphatic carbocycles. The molecule has 29 heavy (non-hydrogen) atoms. The second-order valence-electron chi connectivity index (χ2n) is 5.88. The predicted molar refractivity (Wildman–Crippen MR) is 120 cm³/mol. The number of carbonyl (C=O) groups excluding carboxylic acids is 1. The number of fused-ring (bicyclic) bond motifs is 1. The highest BCUT2D eigenvalue weighted by atomic mass is 79.9. The molecule has 0 aliphatic rings. The van der Waals surface area contributed by atoms with E-state index in [2.05, 4.69) is 52.5 Å². The summed E-state index contributed by atoms with van der Waals surface area (Å²) in [7, 11) is 1.59. The largest absolute Gasteiger partial charge is 0.495 e. The molecule has 0 saturated heterocycles. The molecule has 2 aromatic carbocycles. The number of hydrogen-bond donors (Lipinski definition) is 1. The van der Waals surface area contributed by atoms with Gasteiger partial charge in [-0.15, -0.1) is 10.2 Å². The van der Waals surface area contributed by atoms with Gasteiger partial charge in [-0.1, -0.05) is 39.4 Å². The monoisotopic (exact) mass is 533 g/mol. The van der Waals surface area contributed by atoms with E-state index in [-0.39, 0.29) is 5.91 Å². The minimum Gasteiger partial charge on any atom is -0.495 e. The lowest BCUT2D eigenvalue weighted by Crippen LogP contribution is -2.07. The Hall–Kier alpha value is -2.56. The van der Waals surface area contributed by atoms with E-state index in [1.807, 2.05) is 36.4 Å². The molecule has 7 nitrogen and oxygen atoms in total. The molecule has 0 saturated carbocycles. The zero-order chi connectivity index (χ0) is 20.4. The van der Waals surface area contributed by atoms with Crippen molar-refractivity contribution in [2.75, 3.05) is 12.4 Å². The fourth-order valence-corrected chi connectivity index (χ4v) is 4.91. The third-order valence-electron chi connectivity index (χ3n) is 3.92. The number of halogens is 2. The molecule has 0 atom stereocenters. The molecule has 146 valence electrons. The highest BCUT2D eigenvalue weighted by molar-refractivity contribution is 9.11. The Morgan fingerprint density at radius 1 is 1.28 bits per heavy atom. The number of hydrogen-bond acceptors (Lipinski definition) is 6. The molecule has 1 N–H and O–H groups in total. The lowest BCUT2D eigenvalue weighted by Gasteiger charge is -2.08. The van der Waals surface area contributed by atoms with Crippen molar-refractivity contribution in [3.05, 3.63) is 63.3 Å². The maximum Gasteiger partial charge on any atom is 0.248 e. The first-order valence-corrected chi connectivity index (χ1v) is 10.7. The highest BCUT2D eigenvalue weighted by Gasteiger charge is 2.10. The van der Waals surface area contributed by atoms with E-state index in [1.165, 1.54) is 17.4 Å². The van der Waals surface area contributed by atoms with E-state index in [0.29, 0.717) is 16.4 Å². The van der Waals surface area contributed by atoms with Crippen LogP contribution in [0.1, 0.15) is 5.56 Å². The molecule has 2 aromatic heterocycles. The number of rotatable bonds is 5. The van der Waals surface area contributed by atoms with Crippen molar-refractivity contribution in [3.8, 4) is 16.3 Å². The van der Waals surface area contributed by atoms with Crippen LogP contribution in [-0.2, 0) is 4.79 Å². The van der Waals surface area contributed by atoms with Crippen LogP contribution in [0.4, 0.5) is 5.69 Å². The first-order valence-electron chi connectivity index (χ1n) is 8.33. The average molecular weight is 535 g/mol. The smallest absolute Gasteiger partial charge is 0.248 e. The van der Waals surface area contributed by atoms with Crippen LogP contribution in [0.25, 0.3) is 21.6 Å². The number of aromatic nitrogens is 4. The quantitative estimate of drug-likeness (QED) is 0.363. The number of amides is 1. The lowest BCUT2D eigenvalue weighted by molar-refractivity contribution is -0.111. The Morgan fingerprint density at radius 3 is 2.93 bits per heavy atom. The van der Waals surface area contributed by atoms with Crippen molar-refractivity contribution in [1.82, 2.24) is 19.8 Å². The summed E-state index contributed by atoms with van der Waals surface area (Å²) in [5.74, 6) is 0.404. The molecule has 1 amide bonds. The van der Waals surface area contributed by atoms with Crippen LogP contribution >= 0.6 is 43.2 Å². The number of nitrogens with one attached hydrogen (secondary N) is 1. The SMILES string of the molecule is COc1c(Br)cc(Br)cc1/C=C/C(=O)Nc1cccc(-c2nn3cnnc3s2)c1. The molecule has 4 rings (SSSR count). The Kier molecular flexibility index (Phi) is 5.74. The van der Waals surface area contributed by atoms with Crippen LogP contribution in [-0.4, -0.2) is 32.8 Å². The molecule has 0 unspecified atom stereocenters. The summed E-state index contributed by atoms with van der Waals surface area (Å²) in [4.78, 5) is 13.1. The molecule has 0 aliphatic heterocycles. The van der Waals surface area contributed by atoms with Gasteiger partial charge in [0, 0.05) is 27.4 Å². The van der Waals surface area contributed by atoms with E-state index in [0.717, 1.165) is 25.1 Å². The summed E-state index contributed by atoms with van der Waals surface area (Å²) in [6.07, 6.45) is 4.73. The van der Waals surface area contributed by atoms with Crippen LogP contribution in [0.2, 0.25) is 0 Å². The van der Waals surface area contributed by atoms with Gasteiger partial charge in [0.05, 0.1) is 11.6 Å². The van der Waals surface area contributed by atoms with Crippen molar-refractivity contribution < 1.29 is 9.53 Å². The third kappa shape index (κ3) is 4.39. The minimum atomic E-state index is -0.251. The van der Waals surface area contributed by atoms with Crippen LogP contribution in [0.3, 0.4) is 0 Å². The average Bonchev–Trinajstić information content (AvgIpc) is 3.28. The zero-order valence-corrected chi connectivity index (χ0v) is 19.0. The van der Waals surface area contributed by atoms with Crippen LogP contribution in [0.5, 0.6) is 5.75 Å². The Labute approximate surface area is 186 Å². The standard InChI is InChI=1S/C19H13Br2N5O2S/c1-28-17-11(7-13(20)9-15(17)21)5-6-16(27)23-14-4-2-3-12(8-14)18-25-26-10-22-24-19(26)29-18/h2-10H,1H3,(H,23,27)/b6-5+. The summed E-state index contributed by atoms with van der Waals surface area (Å²) in [5, 5.41) is 15.9. The molecule has 4 aromatic rings.